The zero-order valence-electron chi connectivity index (χ0n) is 13.4. The molecule has 1 N–H and O–H groups in total. The van der Waals surface area contributed by atoms with E-state index in [4.69, 9.17) is 9.47 Å². The first kappa shape index (κ1) is 16.0. The topological polar surface area (TPSA) is 56.3 Å². The predicted molar refractivity (Wildman–Crippen MR) is 84.1 cm³/mol. The molecule has 5 nitrogen and oxygen atoms in total. The van der Waals surface area contributed by atoms with Crippen molar-refractivity contribution in [2.75, 3.05) is 31.7 Å². The van der Waals surface area contributed by atoms with Crippen LogP contribution in [0.3, 0.4) is 0 Å². The van der Waals surface area contributed by atoms with Gasteiger partial charge in [0.1, 0.15) is 18.2 Å². The van der Waals surface area contributed by atoms with E-state index in [0.717, 1.165) is 43.2 Å². The summed E-state index contributed by atoms with van der Waals surface area (Å²) >= 11 is 0. The summed E-state index contributed by atoms with van der Waals surface area (Å²) in [6.45, 7) is 9.10. The maximum atomic E-state index is 5.81. The van der Waals surface area contributed by atoms with Crippen LogP contribution in [0.2, 0.25) is 0 Å². The van der Waals surface area contributed by atoms with E-state index in [9.17, 15) is 0 Å². The predicted octanol–water partition coefficient (Wildman–Crippen LogP) is 3.29. The fourth-order valence-corrected chi connectivity index (χ4v) is 2.04. The Morgan fingerprint density at radius 1 is 1.10 bits per heavy atom. The summed E-state index contributed by atoms with van der Waals surface area (Å²) in [5, 5.41) is 3.37. The highest BCUT2D eigenvalue weighted by atomic mass is 16.5. The Bertz CT molecular complexity index is 447. The van der Waals surface area contributed by atoms with Gasteiger partial charge in [-0.15, -0.1) is 0 Å². The van der Waals surface area contributed by atoms with E-state index in [1.165, 1.54) is 12.8 Å². The summed E-state index contributed by atoms with van der Waals surface area (Å²) in [5.74, 6) is 3.05. The fraction of sp³-hybridized carbons (Fsp3) is 0.750. The minimum absolute atomic E-state index is 0.520. The number of nitrogens with zero attached hydrogens (tertiary/aromatic N) is 2. The number of ether oxygens (including phenoxy) is 2. The summed E-state index contributed by atoms with van der Waals surface area (Å²) in [7, 11) is 0. The third-order valence-electron chi connectivity index (χ3n) is 3.42. The highest BCUT2D eigenvalue weighted by Gasteiger charge is 2.28. The van der Waals surface area contributed by atoms with Crippen molar-refractivity contribution in [2.24, 2.45) is 0 Å². The molecular formula is C16H27N3O2. The molecule has 1 aromatic heterocycles. The third-order valence-corrected chi connectivity index (χ3v) is 3.42. The van der Waals surface area contributed by atoms with Crippen LogP contribution in [-0.2, 0) is 4.74 Å². The molecule has 2 rings (SSSR count). The summed E-state index contributed by atoms with van der Waals surface area (Å²) in [6.07, 6.45) is 4.48. The molecule has 118 valence electrons. The van der Waals surface area contributed by atoms with Crippen molar-refractivity contribution in [2.45, 2.75) is 52.4 Å². The van der Waals surface area contributed by atoms with Crippen LogP contribution in [0.15, 0.2) is 0 Å². The minimum atomic E-state index is 0.520. The van der Waals surface area contributed by atoms with E-state index in [0.29, 0.717) is 25.0 Å². The number of anilines is 1. The van der Waals surface area contributed by atoms with Gasteiger partial charge in [0.05, 0.1) is 12.2 Å². The lowest BCUT2D eigenvalue weighted by Crippen LogP contribution is -2.12. The normalized spacial score (nSPS) is 14.2. The SMILES string of the molecule is CCCNc1nc(C2CC2)nc(OCCOCCC)c1C. The van der Waals surface area contributed by atoms with Gasteiger partial charge >= 0.3 is 0 Å². The summed E-state index contributed by atoms with van der Waals surface area (Å²) < 4.78 is 11.3. The number of rotatable bonds is 10. The molecule has 1 fully saturated rings. The van der Waals surface area contributed by atoms with E-state index < -0.39 is 0 Å². The van der Waals surface area contributed by atoms with Gasteiger partial charge in [0.15, 0.2) is 0 Å². The summed E-state index contributed by atoms with van der Waals surface area (Å²) in [5.41, 5.74) is 0.989. The Balaban J connectivity index is 2.01. The molecule has 0 unspecified atom stereocenters. The first-order valence-electron chi connectivity index (χ1n) is 8.09. The fourth-order valence-electron chi connectivity index (χ4n) is 2.04. The number of hydrogen-bond acceptors (Lipinski definition) is 5. The Morgan fingerprint density at radius 3 is 2.57 bits per heavy atom. The van der Waals surface area contributed by atoms with Crippen molar-refractivity contribution < 1.29 is 9.47 Å². The average Bonchev–Trinajstić information content (AvgIpc) is 3.32. The van der Waals surface area contributed by atoms with Crippen molar-refractivity contribution >= 4 is 5.82 Å². The molecule has 1 saturated carbocycles. The third kappa shape index (κ3) is 4.84. The van der Waals surface area contributed by atoms with Crippen LogP contribution in [0, 0.1) is 6.92 Å². The van der Waals surface area contributed by atoms with Crippen molar-refractivity contribution in [1.82, 2.24) is 9.97 Å². The first-order chi connectivity index (χ1) is 10.3. The monoisotopic (exact) mass is 293 g/mol. The Morgan fingerprint density at radius 2 is 1.90 bits per heavy atom. The van der Waals surface area contributed by atoms with Crippen molar-refractivity contribution in [3.63, 3.8) is 0 Å². The van der Waals surface area contributed by atoms with Gasteiger partial charge < -0.3 is 14.8 Å². The standard InChI is InChI=1S/C16H27N3O2/c1-4-8-17-14-12(3)16(21-11-10-20-9-5-2)19-15(18-14)13-6-7-13/h13H,4-11H2,1-3H3,(H,17,18,19). The van der Waals surface area contributed by atoms with E-state index in [1.807, 2.05) is 6.92 Å². The molecule has 0 atom stereocenters. The van der Waals surface area contributed by atoms with Crippen LogP contribution in [0.5, 0.6) is 5.88 Å². The molecule has 0 amide bonds. The molecule has 0 aliphatic heterocycles. The second-order valence-corrected chi connectivity index (χ2v) is 5.52. The van der Waals surface area contributed by atoms with E-state index in [2.05, 4.69) is 29.1 Å². The van der Waals surface area contributed by atoms with E-state index in [1.54, 1.807) is 0 Å². The van der Waals surface area contributed by atoms with Gasteiger partial charge in [0.25, 0.3) is 0 Å². The van der Waals surface area contributed by atoms with Crippen molar-refractivity contribution in [3.8, 4) is 5.88 Å². The van der Waals surface area contributed by atoms with Crippen LogP contribution in [0.4, 0.5) is 5.82 Å². The molecule has 1 aromatic rings. The maximum Gasteiger partial charge on any atom is 0.221 e. The molecule has 1 aliphatic carbocycles. The maximum absolute atomic E-state index is 5.81. The van der Waals surface area contributed by atoms with E-state index in [-0.39, 0.29) is 0 Å². The van der Waals surface area contributed by atoms with E-state index >= 15 is 0 Å². The zero-order valence-corrected chi connectivity index (χ0v) is 13.4. The zero-order chi connectivity index (χ0) is 15.1. The lowest BCUT2D eigenvalue weighted by Gasteiger charge is -2.14. The Hall–Kier alpha value is -1.36. The first-order valence-corrected chi connectivity index (χ1v) is 8.09. The van der Waals surface area contributed by atoms with Crippen LogP contribution < -0.4 is 10.1 Å². The Labute approximate surface area is 127 Å². The molecule has 0 bridgehead atoms. The van der Waals surface area contributed by atoms with Gasteiger partial charge in [-0.1, -0.05) is 13.8 Å². The Kier molecular flexibility index (Phi) is 6.23. The average molecular weight is 293 g/mol. The lowest BCUT2D eigenvalue weighted by atomic mass is 10.3. The van der Waals surface area contributed by atoms with Gasteiger partial charge in [-0.2, -0.15) is 4.98 Å². The second kappa shape index (κ2) is 8.17. The van der Waals surface area contributed by atoms with Gasteiger partial charge in [-0.25, -0.2) is 4.98 Å². The molecule has 1 heterocycles. The largest absolute Gasteiger partial charge is 0.475 e. The number of aromatic nitrogens is 2. The number of nitrogens with one attached hydrogen (secondary N) is 1. The van der Waals surface area contributed by atoms with Crippen LogP contribution in [-0.4, -0.2) is 36.3 Å². The van der Waals surface area contributed by atoms with Crippen LogP contribution in [0.25, 0.3) is 0 Å². The van der Waals surface area contributed by atoms with Gasteiger partial charge in [-0.05, 0) is 32.6 Å². The quantitative estimate of drug-likeness (QED) is 0.671. The van der Waals surface area contributed by atoms with Gasteiger partial charge in [-0.3, -0.25) is 0 Å². The van der Waals surface area contributed by atoms with Crippen molar-refractivity contribution in [3.05, 3.63) is 11.4 Å². The molecule has 0 saturated heterocycles. The summed E-state index contributed by atoms with van der Waals surface area (Å²) in [4.78, 5) is 9.25. The molecule has 0 radical (unpaired) electrons. The minimum Gasteiger partial charge on any atom is -0.475 e. The van der Waals surface area contributed by atoms with Gasteiger partial charge in [0, 0.05) is 19.1 Å². The smallest absolute Gasteiger partial charge is 0.221 e. The molecule has 5 heteroatoms. The van der Waals surface area contributed by atoms with Crippen LogP contribution >= 0.6 is 0 Å². The summed E-state index contributed by atoms with van der Waals surface area (Å²) in [6, 6.07) is 0. The molecule has 0 aromatic carbocycles. The van der Waals surface area contributed by atoms with Crippen LogP contribution in [0.1, 0.15) is 56.8 Å². The van der Waals surface area contributed by atoms with Crippen molar-refractivity contribution in [1.29, 1.82) is 0 Å². The highest BCUT2D eigenvalue weighted by molar-refractivity contribution is 5.49. The second-order valence-electron chi connectivity index (χ2n) is 5.52. The molecule has 1 aliphatic rings. The molecule has 21 heavy (non-hydrogen) atoms. The lowest BCUT2D eigenvalue weighted by molar-refractivity contribution is 0.0986. The highest BCUT2D eigenvalue weighted by Crippen LogP contribution is 2.39. The molecule has 0 spiro atoms. The molecular weight excluding hydrogens is 266 g/mol. The van der Waals surface area contributed by atoms with Gasteiger partial charge in [0.2, 0.25) is 5.88 Å². The number of hydrogen-bond donors (Lipinski definition) is 1.